The van der Waals surface area contributed by atoms with Crippen LogP contribution in [0.4, 0.5) is 20.6 Å². The number of hydrogen-bond donors (Lipinski definition) is 1. The zero-order chi connectivity index (χ0) is 22.7. The van der Waals surface area contributed by atoms with Gasteiger partial charge in [-0.3, -0.25) is 9.69 Å². The summed E-state index contributed by atoms with van der Waals surface area (Å²) >= 11 is 12.3. The van der Waals surface area contributed by atoms with Gasteiger partial charge in [-0.2, -0.15) is 0 Å². The number of nitrogens with one attached hydrogen (secondary N) is 1. The van der Waals surface area contributed by atoms with Crippen LogP contribution in [0.15, 0.2) is 66.7 Å². The molecule has 0 unspecified atom stereocenters. The average Bonchev–Trinajstić information content (AvgIpc) is 2.77. The molecule has 4 rings (SSSR count). The molecule has 1 heterocycles. The van der Waals surface area contributed by atoms with Crippen molar-refractivity contribution in [1.82, 2.24) is 4.90 Å². The topological polar surface area (TPSA) is 52.7 Å². The number of halogens is 3. The Balaban J connectivity index is 1.52. The number of urea groups is 1. The maximum atomic E-state index is 13.2. The number of rotatable bonds is 5. The predicted molar refractivity (Wildman–Crippen MR) is 125 cm³/mol. The summed E-state index contributed by atoms with van der Waals surface area (Å²) in [6.07, 6.45) is 0.798. The van der Waals surface area contributed by atoms with E-state index in [2.05, 4.69) is 5.32 Å². The van der Waals surface area contributed by atoms with E-state index in [9.17, 15) is 14.0 Å². The van der Waals surface area contributed by atoms with Crippen molar-refractivity contribution in [3.63, 3.8) is 0 Å². The Kier molecular flexibility index (Phi) is 6.63. The molecule has 0 bridgehead atoms. The summed E-state index contributed by atoms with van der Waals surface area (Å²) in [6, 6.07) is 17.6. The van der Waals surface area contributed by atoms with Gasteiger partial charge in [-0.15, -0.1) is 0 Å². The first kappa shape index (κ1) is 22.1. The minimum Gasteiger partial charge on any atom is -0.321 e. The molecule has 3 aromatic rings. The molecular formula is C24H20Cl2FN3O2. The van der Waals surface area contributed by atoms with E-state index < -0.39 is 11.7 Å². The minimum atomic E-state index is -0.424. The Morgan fingerprint density at radius 3 is 2.53 bits per heavy atom. The van der Waals surface area contributed by atoms with Gasteiger partial charge < -0.3 is 10.2 Å². The largest absolute Gasteiger partial charge is 0.324 e. The summed E-state index contributed by atoms with van der Waals surface area (Å²) in [6.45, 7) is 1.65. The molecule has 0 aromatic heterocycles. The molecule has 0 atom stereocenters. The van der Waals surface area contributed by atoms with Gasteiger partial charge in [0.05, 0.1) is 10.7 Å². The molecule has 0 aliphatic carbocycles. The Morgan fingerprint density at radius 2 is 1.78 bits per heavy atom. The van der Waals surface area contributed by atoms with Gasteiger partial charge >= 0.3 is 6.03 Å². The van der Waals surface area contributed by atoms with Crippen molar-refractivity contribution in [1.29, 1.82) is 0 Å². The van der Waals surface area contributed by atoms with Crippen molar-refractivity contribution in [3.8, 4) is 0 Å². The zero-order valence-electron chi connectivity index (χ0n) is 17.0. The molecule has 164 valence electrons. The molecular weight excluding hydrogens is 452 g/mol. The van der Waals surface area contributed by atoms with Crippen molar-refractivity contribution in [2.45, 2.75) is 13.0 Å². The normalized spacial score (nSPS) is 13.9. The summed E-state index contributed by atoms with van der Waals surface area (Å²) < 4.78 is 13.1. The van der Waals surface area contributed by atoms with E-state index in [1.165, 1.54) is 24.3 Å². The lowest BCUT2D eigenvalue weighted by Gasteiger charge is -2.36. The molecule has 0 spiro atoms. The van der Waals surface area contributed by atoms with Crippen LogP contribution >= 0.6 is 23.2 Å². The van der Waals surface area contributed by atoms with Crippen LogP contribution in [0.2, 0.25) is 10.0 Å². The lowest BCUT2D eigenvalue weighted by Crippen LogP contribution is -2.49. The smallest absolute Gasteiger partial charge is 0.321 e. The molecule has 1 saturated heterocycles. The van der Waals surface area contributed by atoms with E-state index in [-0.39, 0.29) is 6.03 Å². The van der Waals surface area contributed by atoms with Gasteiger partial charge in [0.25, 0.3) is 5.91 Å². The monoisotopic (exact) mass is 471 g/mol. The first-order chi connectivity index (χ1) is 15.4. The van der Waals surface area contributed by atoms with Gasteiger partial charge in [0.15, 0.2) is 0 Å². The summed E-state index contributed by atoms with van der Waals surface area (Å²) in [5.41, 5.74) is 2.26. The second-order valence-electron chi connectivity index (χ2n) is 7.46. The van der Waals surface area contributed by atoms with E-state index in [1.807, 2.05) is 18.2 Å². The standard InChI is InChI=1S/C24H20Cl2FN3O2/c25-18-4-1-3-16(13-18)15-29-11-2-12-30(24(29)32)20-9-10-21(26)22(14-20)28-23(31)17-5-7-19(27)8-6-17/h1,3-10,13-14H,2,11-12,15H2,(H,28,31). The molecule has 1 fully saturated rings. The molecule has 32 heavy (non-hydrogen) atoms. The molecule has 0 saturated carbocycles. The quantitative estimate of drug-likeness (QED) is 0.480. The van der Waals surface area contributed by atoms with Crippen LogP contribution in [-0.4, -0.2) is 29.9 Å². The first-order valence-corrected chi connectivity index (χ1v) is 10.8. The summed E-state index contributed by atoms with van der Waals surface area (Å²) in [5, 5.41) is 3.70. The van der Waals surface area contributed by atoms with Crippen LogP contribution in [0.1, 0.15) is 22.3 Å². The SMILES string of the molecule is O=C(Nc1cc(N2CCCN(Cc3cccc(Cl)c3)C2=O)ccc1Cl)c1ccc(F)cc1. The number of carbonyl (C=O) groups is 2. The van der Waals surface area contributed by atoms with E-state index >= 15 is 0 Å². The predicted octanol–water partition coefficient (Wildman–Crippen LogP) is 6.22. The van der Waals surface area contributed by atoms with Gasteiger partial charge in [-0.25, -0.2) is 9.18 Å². The third-order valence-corrected chi connectivity index (χ3v) is 5.75. The van der Waals surface area contributed by atoms with Crippen molar-refractivity contribution in [3.05, 3.63) is 93.7 Å². The van der Waals surface area contributed by atoms with Crippen molar-refractivity contribution in [2.75, 3.05) is 23.3 Å². The number of hydrogen-bond acceptors (Lipinski definition) is 2. The molecule has 3 amide bonds. The van der Waals surface area contributed by atoms with Crippen LogP contribution in [0, 0.1) is 5.82 Å². The van der Waals surface area contributed by atoms with Gasteiger partial charge in [0, 0.05) is 35.9 Å². The Morgan fingerprint density at radius 1 is 1.00 bits per heavy atom. The number of amides is 3. The van der Waals surface area contributed by atoms with Crippen LogP contribution < -0.4 is 10.2 Å². The summed E-state index contributed by atoms with van der Waals surface area (Å²) in [7, 11) is 0. The van der Waals surface area contributed by atoms with Crippen LogP contribution in [0.5, 0.6) is 0 Å². The highest BCUT2D eigenvalue weighted by Gasteiger charge is 2.27. The fraction of sp³-hybridized carbons (Fsp3) is 0.167. The second-order valence-corrected chi connectivity index (χ2v) is 8.31. The fourth-order valence-corrected chi connectivity index (χ4v) is 3.97. The molecule has 1 N–H and O–H groups in total. The Bertz CT molecular complexity index is 1150. The fourth-order valence-electron chi connectivity index (χ4n) is 3.60. The maximum absolute atomic E-state index is 13.2. The third kappa shape index (κ3) is 5.03. The van der Waals surface area contributed by atoms with Crippen LogP contribution in [0.25, 0.3) is 0 Å². The molecule has 3 aromatic carbocycles. The molecule has 1 aliphatic heterocycles. The number of anilines is 2. The van der Waals surface area contributed by atoms with Crippen molar-refractivity contribution >= 4 is 46.5 Å². The third-order valence-electron chi connectivity index (χ3n) is 5.19. The van der Waals surface area contributed by atoms with Crippen LogP contribution in [0.3, 0.4) is 0 Å². The van der Waals surface area contributed by atoms with Gasteiger partial charge in [0.1, 0.15) is 5.82 Å². The van der Waals surface area contributed by atoms with E-state index in [0.717, 1.165) is 12.0 Å². The lowest BCUT2D eigenvalue weighted by atomic mass is 10.1. The summed E-state index contributed by atoms with van der Waals surface area (Å²) in [4.78, 5) is 29.1. The van der Waals surface area contributed by atoms with E-state index in [4.69, 9.17) is 23.2 Å². The zero-order valence-corrected chi connectivity index (χ0v) is 18.5. The second kappa shape index (κ2) is 9.59. The van der Waals surface area contributed by atoms with Gasteiger partial charge in [-0.05, 0) is 66.6 Å². The molecule has 8 heteroatoms. The lowest BCUT2D eigenvalue weighted by molar-refractivity contribution is 0.102. The first-order valence-electron chi connectivity index (χ1n) is 10.1. The Labute approximate surface area is 195 Å². The molecule has 1 aliphatic rings. The average molecular weight is 472 g/mol. The van der Waals surface area contributed by atoms with E-state index in [1.54, 1.807) is 34.1 Å². The number of carbonyl (C=O) groups excluding carboxylic acids is 2. The number of benzene rings is 3. The Hall–Kier alpha value is -3.09. The van der Waals surface area contributed by atoms with Gasteiger partial charge in [-0.1, -0.05) is 35.3 Å². The molecule has 5 nitrogen and oxygen atoms in total. The number of nitrogens with zero attached hydrogens (tertiary/aromatic N) is 2. The van der Waals surface area contributed by atoms with Crippen molar-refractivity contribution < 1.29 is 14.0 Å². The molecule has 0 radical (unpaired) electrons. The van der Waals surface area contributed by atoms with E-state index in [0.29, 0.717) is 46.6 Å². The maximum Gasteiger partial charge on any atom is 0.324 e. The van der Waals surface area contributed by atoms with Gasteiger partial charge in [0.2, 0.25) is 0 Å². The highest BCUT2D eigenvalue weighted by atomic mass is 35.5. The highest BCUT2D eigenvalue weighted by molar-refractivity contribution is 6.34. The van der Waals surface area contributed by atoms with Crippen LogP contribution in [-0.2, 0) is 6.54 Å². The minimum absolute atomic E-state index is 0.130. The van der Waals surface area contributed by atoms with Crippen molar-refractivity contribution in [2.24, 2.45) is 0 Å². The summed E-state index contributed by atoms with van der Waals surface area (Å²) in [5.74, 6) is -0.843. The highest BCUT2D eigenvalue weighted by Crippen LogP contribution is 2.30.